The van der Waals surface area contributed by atoms with Crippen molar-refractivity contribution in [2.75, 3.05) is 5.32 Å². The Morgan fingerprint density at radius 2 is 1.89 bits per heavy atom. The van der Waals surface area contributed by atoms with E-state index in [2.05, 4.69) is 20.7 Å². The molecule has 27 heavy (non-hydrogen) atoms. The molecule has 0 aliphatic rings. The molecule has 3 aromatic rings. The Balaban J connectivity index is 1.81. The van der Waals surface area contributed by atoms with Crippen LogP contribution >= 0.6 is 11.6 Å². The van der Waals surface area contributed by atoms with Crippen LogP contribution in [0, 0.1) is 0 Å². The molecule has 0 spiro atoms. The van der Waals surface area contributed by atoms with Gasteiger partial charge in [-0.3, -0.25) is 4.98 Å². The summed E-state index contributed by atoms with van der Waals surface area (Å²) >= 11 is 5.77. The number of hydrogen-bond acceptors (Lipinski definition) is 3. The summed E-state index contributed by atoms with van der Waals surface area (Å²) in [7, 11) is 0. The minimum atomic E-state index is -4.73. The van der Waals surface area contributed by atoms with Gasteiger partial charge in [0.1, 0.15) is 0 Å². The van der Waals surface area contributed by atoms with Crippen molar-refractivity contribution >= 4 is 23.3 Å². The van der Waals surface area contributed by atoms with Gasteiger partial charge in [0.05, 0.1) is 17.6 Å². The normalized spacial score (nSPS) is 11.3. The molecule has 6 nitrogen and oxygen atoms in total. The van der Waals surface area contributed by atoms with Crippen LogP contribution in [-0.4, -0.2) is 20.8 Å². The van der Waals surface area contributed by atoms with Crippen LogP contribution in [0.25, 0.3) is 5.69 Å². The molecule has 10 heteroatoms. The van der Waals surface area contributed by atoms with E-state index >= 15 is 0 Å². The lowest BCUT2D eigenvalue weighted by Crippen LogP contribution is -2.29. The van der Waals surface area contributed by atoms with E-state index in [1.807, 2.05) is 0 Å². The minimum absolute atomic E-state index is 0.117. The maximum Gasteiger partial charge on any atom is 0.435 e. The second-order valence-corrected chi connectivity index (χ2v) is 5.90. The van der Waals surface area contributed by atoms with E-state index in [9.17, 15) is 18.0 Å². The van der Waals surface area contributed by atoms with E-state index in [-0.39, 0.29) is 12.2 Å². The topological polar surface area (TPSA) is 71.8 Å². The summed E-state index contributed by atoms with van der Waals surface area (Å²) in [6, 6.07) is 8.33. The Hall–Kier alpha value is -3.07. The lowest BCUT2D eigenvalue weighted by molar-refractivity contribution is -0.142. The van der Waals surface area contributed by atoms with Crippen LogP contribution in [0.4, 0.5) is 23.7 Å². The van der Waals surface area contributed by atoms with E-state index < -0.39 is 23.6 Å². The number of urea groups is 1. The van der Waals surface area contributed by atoms with Crippen molar-refractivity contribution < 1.29 is 18.0 Å². The van der Waals surface area contributed by atoms with Crippen molar-refractivity contribution in [3.05, 3.63) is 71.3 Å². The van der Waals surface area contributed by atoms with Crippen molar-refractivity contribution in [3.8, 4) is 5.69 Å². The first-order valence-electron chi connectivity index (χ1n) is 7.69. The van der Waals surface area contributed by atoms with Gasteiger partial charge in [-0.2, -0.15) is 18.3 Å². The zero-order chi connectivity index (χ0) is 19.4. The average molecular weight is 396 g/mol. The van der Waals surface area contributed by atoms with Gasteiger partial charge in [0, 0.05) is 24.0 Å². The number of pyridine rings is 1. The smallest absolute Gasteiger partial charge is 0.334 e. The van der Waals surface area contributed by atoms with Crippen molar-refractivity contribution in [1.82, 2.24) is 20.1 Å². The zero-order valence-electron chi connectivity index (χ0n) is 13.7. The molecular weight excluding hydrogens is 383 g/mol. The molecule has 0 saturated heterocycles. The molecule has 1 aromatic carbocycles. The van der Waals surface area contributed by atoms with Gasteiger partial charge in [-0.15, -0.1) is 0 Å². The van der Waals surface area contributed by atoms with Crippen LogP contribution in [0.5, 0.6) is 0 Å². The molecule has 0 aliphatic heterocycles. The summed E-state index contributed by atoms with van der Waals surface area (Å²) < 4.78 is 41.3. The molecule has 2 amide bonds. The van der Waals surface area contributed by atoms with Crippen LogP contribution in [0.2, 0.25) is 5.02 Å². The van der Waals surface area contributed by atoms with Gasteiger partial charge < -0.3 is 10.6 Å². The number of rotatable bonds is 4. The Kier molecular flexibility index (Phi) is 5.31. The summed E-state index contributed by atoms with van der Waals surface area (Å²) in [5.41, 5.74) is -0.682. The van der Waals surface area contributed by atoms with Crippen LogP contribution in [0.3, 0.4) is 0 Å². The van der Waals surface area contributed by atoms with Gasteiger partial charge in [0.25, 0.3) is 0 Å². The number of aromatic nitrogens is 3. The summed E-state index contributed by atoms with van der Waals surface area (Å²) in [4.78, 5) is 15.9. The van der Waals surface area contributed by atoms with Crippen LogP contribution < -0.4 is 10.6 Å². The van der Waals surface area contributed by atoms with E-state index in [4.69, 9.17) is 11.6 Å². The fourth-order valence-electron chi connectivity index (χ4n) is 2.34. The molecule has 2 heterocycles. The summed E-state index contributed by atoms with van der Waals surface area (Å²) in [6.07, 6.45) is -0.673. The number of nitrogens with one attached hydrogen (secondary N) is 2. The third kappa shape index (κ3) is 4.56. The highest BCUT2D eigenvalue weighted by Gasteiger charge is 2.39. The lowest BCUT2D eigenvalue weighted by Gasteiger charge is -2.13. The first-order chi connectivity index (χ1) is 12.8. The molecule has 0 saturated carbocycles. The molecule has 140 valence electrons. The Labute approximate surface area is 157 Å². The number of hydrogen-bond donors (Lipinski definition) is 2. The number of amides is 2. The Morgan fingerprint density at radius 3 is 2.52 bits per heavy atom. The van der Waals surface area contributed by atoms with Crippen molar-refractivity contribution in [2.24, 2.45) is 0 Å². The molecule has 0 bridgehead atoms. The second kappa shape index (κ2) is 7.67. The lowest BCUT2D eigenvalue weighted by atomic mass is 10.3. The summed E-state index contributed by atoms with van der Waals surface area (Å²) in [5, 5.41) is 8.80. The highest BCUT2D eigenvalue weighted by Crippen LogP contribution is 2.36. The zero-order valence-corrected chi connectivity index (χ0v) is 14.4. The fourth-order valence-corrected chi connectivity index (χ4v) is 2.47. The van der Waals surface area contributed by atoms with Gasteiger partial charge in [-0.05, 0) is 35.9 Å². The van der Waals surface area contributed by atoms with E-state index in [1.165, 1.54) is 24.3 Å². The molecule has 0 aliphatic carbocycles. The molecule has 2 aromatic heterocycles. The van der Waals surface area contributed by atoms with Gasteiger partial charge in [0.15, 0.2) is 5.69 Å². The van der Waals surface area contributed by atoms with Crippen LogP contribution in [0.1, 0.15) is 11.3 Å². The number of anilines is 1. The maximum atomic E-state index is 13.5. The SMILES string of the molecule is O=C(NCc1cccnc1)Nc1cnn(-c2ccc(Cl)cc2)c1C(F)(F)F. The number of alkyl halides is 3. The summed E-state index contributed by atoms with van der Waals surface area (Å²) in [5.74, 6) is 0. The highest BCUT2D eigenvalue weighted by atomic mass is 35.5. The molecule has 3 rings (SSSR count). The Morgan fingerprint density at radius 1 is 1.15 bits per heavy atom. The number of carbonyl (C=O) groups excluding carboxylic acids is 1. The largest absolute Gasteiger partial charge is 0.435 e. The van der Waals surface area contributed by atoms with Gasteiger partial charge in [-0.1, -0.05) is 17.7 Å². The third-order valence-electron chi connectivity index (χ3n) is 3.53. The van der Waals surface area contributed by atoms with E-state index in [1.54, 1.807) is 24.5 Å². The Bertz CT molecular complexity index is 926. The molecule has 2 N–H and O–H groups in total. The van der Waals surface area contributed by atoms with E-state index in [0.717, 1.165) is 6.20 Å². The molecule has 0 unspecified atom stereocenters. The van der Waals surface area contributed by atoms with Crippen molar-refractivity contribution in [2.45, 2.75) is 12.7 Å². The molecule has 0 fully saturated rings. The van der Waals surface area contributed by atoms with Gasteiger partial charge >= 0.3 is 12.2 Å². The number of halogens is 4. The molecule has 0 atom stereocenters. The third-order valence-corrected chi connectivity index (χ3v) is 3.78. The quantitative estimate of drug-likeness (QED) is 0.693. The number of benzene rings is 1. The molecular formula is C17H13ClF3N5O. The summed E-state index contributed by atoms with van der Waals surface area (Å²) in [6.45, 7) is 0.117. The van der Waals surface area contributed by atoms with Gasteiger partial charge in [0.2, 0.25) is 0 Å². The monoisotopic (exact) mass is 395 g/mol. The predicted molar refractivity (Wildman–Crippen MR) is 93.7 cm³/mol. The fraction of sp³-hybridized carbons (Fsp3) is 0.118. The average Bonchev–Trinajstić information content (AvgIpc) is 3.05. The first kappa shape index (κ1) is 18.7. The van der Waals surface area contributed by atoms with Crippen LogP contribution in [0.15, 0.2) is 55.0 Å². The van der Waals surface area contributed by atoms with Crippen LogP contribution in [-0.2, 0) is 12.7 Å². The van der Waals surface area contributed by atoms with Crippen molar-refractivity contribution in [3.63, 3.8) is 0 Å². The second-order valence-electron chi connectivity index (χ2n) is 5.46. The number of carbonyl (C=O) groups is 1. The standard InChI is InChI=1S/C17H13ClF3N5O/c18-12-3-5-13(6-4-12)26-15(17(19,20)21)14(10-24-26)25-16(27)23-9-11-2-1-7-22-8-11/h1-8,10H,9H2,(H2,23,25,27). The van der Waals surface area contributed by atoms with E-state index in [0.29, 0.717) is 15.3 Å². The number of nitrogens with zero attached hydrogens (tertiary/aromatic N) is 3. The maximum absolute atomic E-state index is 13.5. The molecule has 0 radical (unpaired) electrons. The van der Waals surface area contributed by atoms with Crippen molar-refractivity contribution in [1.29, 1.82) is 0 Å². The predicted octanol–water partition coefficient (Wildman–Crippen LogP) is 4.26. The van der Waals surface area contributed by atoms with Gasteiger partial charge in [-0.25, -0.2) is 9.48 Å². The first-order valence-corrected chi connectivity index (χ1v) is 8.07. The minimum Gasteiger partial charge on any atom is -0.334 e. The highest BCUT2D eigenvalue weighted by molar-refractivity contribution is 6.30.